The second-order valence-electron chi connectivity index (χ2n) is 9.91. The molecule has 3 aromatic rings. The van der Waals surface area contributed by atoms with Gasteiger partial charge in [-0.1, -0.05) is 0 Å². The zero-order valence-electron chi connectivity index (χ0n) is 24.5. The van der Waals surface area contributed by atoms with Gasteiger partial charge in [0, 0.05) is 52.0 Å². The van der Waals surface area contributed by atoms with E-state index in [-0.39, 0.29) is 53.2 Å². The van der Waals surface area contributed by atoms with E-state index < -0.39 is 23.1 Å². The standard InChI is InChI=1S/C30H35FN4O8/c1-5-42-30(39)23-16-35(21-6-8-22(9-7-21)43-17-41-13-12-40-4)24-14-25(34-11-10-20(15-34)32-18(2)36)27(31)28(33-19(3)37)26(24)29(23)38/h6-9,14,16,20H,5,10-13,15,17H2,1-4H3,(H,32,36)(H,33,37). The van der Waals surface area contributed by atoms with Crippen LogP contribution in [0, 0.1) is 5.82 Å². The topological polar surface area (TPSA) is 137 Å². The number of rotatable bonds is 12. The predicted molar refractivity (Wildman–Crippen MR) is 158 cm³/mol. The van der Waals surface area contributed by atoms with Crippen LogP contribution >= 0.6 is 0 Å². The van der Waals surface area contributed by atoms with Crippen LogP contribution in [0.2, 0.25) is 0 Å². The lowest BCUT2D eigenvalue weighted by Crippen LogP contribution is -2.35. The highest BCUT2D eigenvalue weighted by Gasteiger charge is 2.30. The van der Waals surface area contributed by atoms with Crippen LogP contribution in [0.4, 0.5) is 15.8 Å². The Morgan fingerprint density at radius 2 is 1.84 bits per heavy atom. The number of ether oxygens (including phenoxy) is 4. The molecular formula is C30H35FN4O8. The molecule has 0 radical (unpaired) electrons. The van der Waals surface area contributed by atoms with Crippen molar-refractivity contribution in [3.8, 4) is 11.4 Å². The number of hydrogen-bond donors (Lipinski definition) is 2. The highest BCUT2D eigenvalue weighted by Crippen LogP contribution is 2.36. The predicted octanol–water partition coefficient (Wildman–Crippen LogP) is 2.98. The maximum Gasteiger partial charge on any atom is 0.343 e. The maximum atomic E-state index is 16.2. The highest BCUT2D eigenvalue weighted by molar-refractivity contribution is 6.05. The average Bonchev–Trinajstić information content (AvgIpc) is 3.42. The van der Waals surface area contributed by atoms with Gasteiger partial charge in [-0.3, -0.25) is 14.4 Å². The Hall–Kier alpha value is -4.49. The number of aromatic nitrogens is 1. The van der Waals surface area contributed by atoms with Crippen molar-refractivity contribution in [1.82, 2.24) is 9.88 Å². The van der Waals surface area contributed by atoms with E-state index in [9.17, 15) is 19.2 Å². The third-order valence-corrected chi connectivity index (χ3v) is 6.80. The molecule has 2 amide bonds. The molecule has 1 saturated heterocycles. The van der Waals surface area contributed by atoms with Crippen LogP contribution in [-0.4, -0.2) is 75.2 Å². The van der Waals surface area contributed by atoms with Crippen LogP contribution < -0.4 is 25.7 Å². The molecule has 0 saturated carbocycles. The van der Waals surface area contributed by atoms with Gasteiger partial charge >= 0.3 is 5.97 Å². The molecule has 0 bridgehead atoms. The lowest BCUT2D eigenvalue weighted by Gasteiger charge is -2.24. The summed E-state index contributed by atoms with van der Waals surface area (Å²) in [6, 6.07) is 8.08. The second-order valence-corrected chi connectivity index (χ2v) is 9.91. The van der Waals surface area contributed by atoms with Gasteiger partial charge in [0.1, 0.15) is 11.3 Å². The number of carbonyl (C=O) groups is 3. The highest BCUT2D eigenvalue weighted by atomic mass is 19.1. The van der Waals surface area contributed by atoms with Crippen LogP contribution in [0.15, 0.2) is 41.3 Å². The number of anilines is 2. The number of nitrogens with one attached hydrogen (secondary N) is 2. The molecule has 12 nitrogen and oxygen atoms in total. The largest absolute Gasteiger partial charge is 0.468 e. The molecule has 4 rings (SSSR count). The first-order valence-electron chi connectivity index (χ1n) is 13.8. The van der Waals surface area contributed by atoms with E-state index in [1.54, 1.807) is 47.8 Å². The molecule has 1 aromatic heterocycles. The molecule has 1 unspecified atom stereocenters. The zero-order valence-corrected chi connectivity index (χ0v) is 24.5. The van der Waals surface area contributed by atoms with Crippen molar-refractivity contribution in [1.29, 1.82) is 0 Å². The fraction of sp³-hybridized carbons (Fsp3) is 0.400. The number of amides is 2. The van der Waals surface area contributed by atoms with E-state index in [1.165, 1.54) is 26.1 Å². The number of esters is 1. The van der Waals surface area contributed by atoms with Crippen molar-refractivity contribution in [2.45, 2.75) is 33.2 Å². The Kier molecular flexibility index (Phi) is 10.3. The van der Waals surface area contributed by atoms with E-state index >= 15 is 4.39 Å². The van der Waals surface area contributed by atoms with Gasteiger partial charge in [0.15, 0.2) is 12.6 Å². The van der Waals surface area contributed by atoms with Crippen molar-refractivity contribution in [2.24, 2.45) is 0 Å². The van der Waals surface area contributed by atoms with E-state index in [4.69, 9.17) is 18.9 Å². The van der Waals surface area contributed by atoms with Gasteiger partial charge in [-0.25, -0.2) is 9.18 Å². The molecular weight excluding hydrogens is 563 g/mol. The van der Waals surface area contributed by atoms with Gasteiger partial charge in [-0.2, -0.15) is 0 Å². The van der Waals surface area contributed by atoms with E-state index in [0.717, 1.165) is 0 Å². The van der Waals surface area contributed by atoms with Gasteiger partial charge < -0.3 is 39.0 Å². The first-order valence-corrected chi connectivity index (χ1v) is 13.8. The normalized spacial score (nSPS) is 14.5. The monoisotopic (exact) mass is 598 g/mol. The molecule has 1 fully saturated rings. The Morgan fingerprint density at radius 3 is 2.49 bits per heavy atom. The number of fused-ring (bicyclic) bond motifs is 1. The summed E-state index contributed by atoms with van der Waals surface area (Å²) in [5.74, 6) is -2.00. The van der Waals surface area contributed by atoms with Crippen LogP contribution in [0.25, 0.3) is 16.6 Å². The van der Waals surface area contributed by atoms with E-state index in [0.29, 0.717) is 44.2 Å². The summed E-state index contributed by atoms with van der Waals surface area (Å²) in [4.78, 5) is 52.1. The first-order chi connectivity index (χ1) is 20.6. The van der Waals surface area contributed by atoms with E-state index in [2.05, 4.69) is 10.6 Å². The maximum absolute atomic E-state index is 16.2. The lowest BCUT2D eigenvalue weighted by atomic mass is 10.1. The molecule has 2 aromatic carbocycles. The number of methoxy groups -OCH3 is 1. The molecule has 43 heavy (non-hydrogen) atoms. The number of nitrogens with zero attached hydrogens (tertiary/aromatic N) is 2. The van der Waals surface area contributed by atoms with Crippen LogP contribution in [0.1, 0.15) is 37.6 Å². The summed E-state index contributed by atoms with van der Waals surface area (Å²) in [6.45, 7) is 5.80. The molecule has 0 spiro atoms. The van der Waals surface area contributed by atoms with Crippen molar-refractivity contribution in [2.75, 3.05) is 57.0 Å². The molecule has 2 heterocycles. The number of halogens is 1. The minimum atomic E-state index is -0.882. The summed E-state index contributed by atoms with van der Waals surface area (Å²) in [5.41, 5.74) is -0.559. The molecule has 230 valence electrons. The Labute approximate surface area is 247 Å². The summed E-state index contributed by atoms with van der Waals surface area (Å²) >= 11 is 0. The minimum absolute atomic E-state index is 0.00862. The van der Waals surface area contributed by atoms with Gasteiger partial charge in [0.25, 0.3) is 0 Å². The second kappa shape index (κ2) is 14.1. The first kappa shape index (κ1) is 31.4. The van der Waals surface area contributed by atoms with Crippen molar-refractivity contribution in [3.05, 3.63) is 58.1 Å². The van der Waals surface area contributed by atoms with Crippen molar-refractivity contribution < 1.29 is 37.7 Å². The van der Waals surface area contributed by atoms with Crippen molar-refractivity contribution >= 4 is 40.1 Å². The quantitative estimate of drug-likeness (QED) is 0.183. The smallest absolute Gasteiger partial charge is 0.343 e. The van der Waals surface area contributed by atoms with Crippen LogP contribution in [0.3, 0.4) is 0 Å². The summed E-state index contributed by atoms with van der Waals surface area (Å²) in [6.07, 6.45) is 1.92. The number of hydrogen-bond acceptors (Lipinski definition) is 9. The molecule has 13 heteroatoms. The fourth-order valence-electron chi connectivity index (χ4n) is 4.93. The molecule has 0 aliphatic carbocycles. The average molecular weight is 599 g/mol. The molecule has 1 aliphatic rings. The van der Waals surface area contributed by atoms with Gasteiger partial charge in [0.2, 0.25) is 17.2 Å². The Morgan fingerprint density at radius 1 is 1.09 bits per heavy atom. The van der Waals surface area contributed by atoms with Crippen molar-refractivity contribution in [3.63, 3.8) is 0 Å². The molecule has 2 N–H and O–H groups in total. The van der Waals surface area contributed by atoms with Gasteiger partial charge in [-0.05, 0) is 43.7 Å². The summed E-state index contributed by atoms with van der Waals surface area (Å²) in [5, 5.41) is 5.13. The minimum Gasteiger partial charge on any atom is -0.468 e. The third-order valence-electron chi connectivity index (χ3n) is 6.80. The summed E-state index contributed by atoms with van der Waals surface area (Å²) < 4.78 is 38.8. The molecule has 1 atom stereocenters. The number of benzene rings is 2. The number of pyridine rings is 1. The zero-order chi connectivity index (χ0) is 31.1. The van der Waals surface area contributed by atoms with E-state index in [1.807, 2.05) is 0 Å². The fourth-order valence-corrected chi connectivity index (χ4v) is 4.93. The summed E-state index contributed by atoms with van der Waals surface area (Å²) in [7, 11) is 1.57. The van der Waals surface area contributed by atoms with Crippen LogP contribution in [0.5, 0.6) is 5.75 Å². The number of carbonyl (C=O) groups excluding carboxylic acids is 3. The Balaban J connectivity index is 1.87. The lowest BCUT2D eigenvalue weighted by molar-refractivity contribution is -0.119. The third kappa shape index (κ3) is 7.30. The molecule has 1 aliphatic heterocycles. The van der Waals surface area contributed by atoms with Gasteiger partial charge in [0.05, 0.1) is 42.1 Å². The van der Waals surface area contributed by atoms with Gasteiger partial charge in [-0.15, -0.1) is 0 Å². The SMILES string of the molecule is CCOC(=O)c1cn(-c2ccc(OCOCCOC)cc2)c2cc(N3CCC(NC(C)=O)C3)c(F)c(NC(C)=O)c2c1=O. The van der Waals surface area contributed by atoms with Crippen LogP contribution in [-0.2, 0) is 23.8 Å². The Bertz CT molecular complexity index is 1560.